The molecular weight excluding hydrogens is 381 g/mol. The molecular formula is C20H25Cl2N5. The molecule has 1 fully saturated rings. The van der Waals surface area contributed by atoms with E-state index >= 15 is 0 Å². The molecule has 1 atom stereocenters. The minimum absolute atomic E-state index is 0.00133. The summed E-state index contributed by atoms with van der Waals surface area (Å²) in [4.78, 5) is 11.1. The van der Waals surface area contributed by atoms with E-state index in [9.17, 15) is 0 Å². The standard InChI is InChI=1S/C20H25Cl2N5/c1-14(17-6-5-16(21)12-18(17)22)26-20(23-2)25-13-15-7-8-24-19(11-15)27-9-3-4-10-27/h5-8,11-12,14H,3-4,9-10,13H2,1-2H3,(H2,23,25,26). The van der Waals surface area contributed by atoms with Crippen LogP contribution in [-0.2, 0) is 6.54 Å². The number of halogens is 2. The normalized spacial score (nSPS) is 15.7. The molecule has 7 heteroatoms. The van der Waals surface area contributed by atoms with Gasteiger partial charge in [-0.3, -0.25) is 4.99 Å². The van der Waals surface area contributed by atoms with Crippen LogP contribution in [0.2, 0.25) is 10.0 Å². The lowest BCUT2D eigenvalue weighted by Gasteiger charge is -2.20. The summed E-state index contributed by atoms with van der Waals surface area (Å²) in [7, 11) is 1.76. The number of rotatable bonds is 5. The zero-order valence-electron chi connectivity index (χ0n) is 15.7. The molecule has 5 nitrogen and oxygen atoms in total. The predicted molar refractivity (Wildman–Crippen MR) is 114 cm³/mol. The molecule has 0 saturated carbocycles. The molecule has 2 heterocycles. The smallest absolute Gasteiger partial charge is 0.191 e. The van der Waals surface area contributed by atoms with Crippen molar-refractivity contribution in [2.75, 3.05) is 25.0 Å². The van der Waals surface area contributed by atoms with Gasteiger partial charge in [-0.25, -0.2) is 4.98 Å². The molecule has 1 aromatic carbocycles. The molecule has 0 bridgehead atoms. The summed E-state index contributed by atoms with van der Waals surface area (Å²) in [6.45, 7) is 4.89. The van der Waals surface area contributed by atoms with Gasteiger partial charge in [0.2, 0.25) is 0 Å². The number of hydrogen-bond acceptors (Lipinski definition) is 3. The van der Waals surface area contributed by atoms with Crippen molar-refractivity contribution in [3.05, 3.63) is 57.7 Å². The van der Waals surface area contributed by atoms with Gasteiger partial charge in [0, 0.05) is 42.9 Å². The zero-order chi connectivity index (χ0) is 19.2. The fraction of sp³-hybridized carbons (Fsp3) is 0.400. The average Bonchev–Trinajstić information content (AvgIpc) is 3.20. The Morgan fingerprint density at radius 1 is 1.22 bits per heavy atom. The summed E-state index contributed by atoms with van der Waals surface area (Å²) in [5, 5.41) is 8.00. The number of nitrogens with zero attached hydrogens (tertiary/aromatic N) is 3. The van der Waals surface area contributed by atoms with Gasteiger partial charge in [-0.1, -0.05) is 29.3 Å². The van der Waals surface area contributed by atoms with Crippen LogP contribution in [0.4, 0.5) is 5.82 Å². The summed E-state index contributed by atoms with van der Waals surface area (Å²) >= 11 is 12.3. The third-order valence-corrected chi connectivity index (χ3v) is 5.27. The highest BCUT2D eigenvalue weighted by molar-refractivity contribution is 6.35. The maximum absolute atomic E-state index is 6.31. The Kier molecular flexibility index (Phi) is 6.80. The molecule has 1 unspecified atom stereocenters. The van der Waals surface area contributed by atoms with Crippen LogP contribution >= 0.6 is 23.2 Å². The fourth-order valence-electron chi connectivity index (χ4n) is 3.21. The van der Waals surface area contributed by atoms with Crippen molar-refractivity contribution >= 4 is 35.0 Å². The van der Waals surface area contributed by atoms with E-state index in [1.807, 2.05) is 31.3 Å². The molecule has 3 rings (SSSR count). The highest BCUT2D eigenvalue weighted by Gasteiger charge is 2.14. The van der Waals surface area contributed by atoms with Gasteiger partial charge in [0.25, 0.3) is 0 Å². The average molecular weight is 406 g/mol. The molecule has 0 radical (unpaired) electrons. The number of hydrogen-bond donors (Lipinski definition) is 2. The maximum Gasteiger partial charge on any atom is 0.191 e. The number of nitrogens with one attached hydrogen (secondary N) is 2. The van der Waals surface area contributed by atoms with Crippen LogP contribution in [0.1, 0.15) is 36.9 Å². The lowest BCUT2D eigenvalue weighted by atomic mass is 10.1. The van der Waals surface area contributed by atoms with Crippen molar-refractivity contribution in [1.29, 1.82) is 0 Å². The van der Waals surface area contributed by atoms with Crippen molar-refractivity contribution in [1.82, 2.24) is 15.6 Å². The van der Waals surface area contributed by atoms with Gasteiger partial charge in [-0.2, -0.15) is 0 Å². The van der Waals surface area contributed by atoms with Crippen LogP contribution < -0.4 is 15.5 Å². The Morgan fingerprint density at radius 2 is 2.00 bits per heavy atom. The van der Waals surface area contributed by atoms with Crippen LogP contribution in [0, 0.1) is 0 Å². The number of benzene rings is 1. The second-order valence-corrected chi connectivity index (χ2v) is 7.52. The molecule has 1 saturated heterocycles. The zero-order valence-corrected chi connectivity index (χ0v) is 17.2. The van der Waals surface area contributed by atoms with Crippen LogP contribution in [0.5, 0.6) is 0 Å². The lowest BCUT2D eigenvalue weighted by molar-refractivity contribution is 0.685. The molecule has 27 heavy (non-hydrogen) atoms. The van der Waals surface area contributed by atoms with Crippen LogP contribution in [0.3, 0.4) is 0 Å². The molecule has 2 N–H and O–H groups in total. The first-order valence-corrected chi connectivity index (χ1v) is 9.94. The molecule has 0 amide bonds. The second kappa shape index (κ2) is 9.29. The molecule has 1 aliphatic heterocycles. The van der Waals surface area contributed by atoms with E-state index in [4.69, 9.17) is 23.2 Å². The monoisotopic (exact) mass is 405 g/mol. The van der Waals surface area contributed by atoms with Gasteiger partial charge in [0.05, 0.1) is 6.04 Å². The highest BCUT2D eigenvalue weighted by Crippen LogP contribution is 2.26. The van der Waals surface area contributed by atoms with Gasteiger partial charge < -0.3 is 15.5 Å². The molecule has 0 spiro atoms. The molecule has 2 aromatic rings. The third kappa shape index (κ3) is 5.27. The van der Waals surface area contributed by atoms with E-state index in [-0.39, 0.29) is 6.04 Å². The lowest BCUT2D eigenvalue weighted by Crippen LogP contribution is -2.38. The third-order valence-electron chi connectivity index (χ3n) is 4.71. The van der Waals surface area contributed by atoms with Crippen molar-refractivity contribution in [3.63, 3.8) is 0 Å². The van der Waals surface area contributed by atoms with E-state index in [1.54, 1.807) is 13.1 Å². The SMILES string of the molecule is CN=C(NCc1ccnc(N2CCCC2)c1)NC(C)c1ccc(Cl)cc1Cl. The van der Waals surface area contributed by atoms with Crippen molar-refractivity contribution in [2.45, 2.75) is 32.4 Å². The van der Waals surface area contributed by atoms with E-state index in [0.717, 1.165) is 24.5 Å². The quantitative estimate of drug-likeness (QED) is 0.570. The Hall–Kier alpha value is -1.98. The van der Waals surface area contributed by atoms with Crippen molar-refractivity contribution in [2.24, 2.45) is 4.99 Å². The minimum Gasteiger partial charge on any atom is -0.357 e. The van der Waals surface area contributed by atoms with Crippen LogP contribution in [0.15, 0.2) is 41.5 Å². The Morgan fingerprint density at radius 3 is 2.70 bits per heavy atom. The number of pyridine rings is 1. The molecule has 0 aliphatic carbocycles. The number of aromatic nitrogens is 1. The number of aliphatic imine (C=N–C) groups is 1. The number of guanidine groups is 1. The molecule has 1 aromatic heterocycles. The summed E-state index contributed by atoms with van der Waals surface area (Å²) in [6.07, 6.45) is 4.36. The fourth-order valence-corrected chi connectivity index (χ4v) is 3.78. The summed E-state index contributed by atoms with van der Waals surface area (Å²) < 4.78 is 0. The predicted octanol–water partition coefficient (Wildman–Crippen LogP) is 4.41. The molecule has 1 aliphatic rings. The van der Waals surface area contributed by atoms with Gasteiger partial charge in [0.1, 0.15) is 5.82 Å². The van der Waals surface area contributed by atoms with E-state index < -0.39 is 0 Å². The molecule has 144 valence electrons. The first-order valence-electron chi connectivity index (χ1n) is 9.19. The number of anilines is 1. The van der Waals surface area contributed by atoms with Gasteiger partial charge >= 0.3 is 0 Å². The van der Waals surface area contributed by atoms with Gasteiger partial charge in [-0.15, -0.1) is 0 Å². The summed E-state index contributed by atoms with van der Waals surface area (Å²) in [6, 6.07) is 9.70. The summed E-state index contributed by atoms with van der Waals surface area (Å²) in [5.74, 6) is 1.77. The maximum atomic E-state index is 6.31. The van der Waals surface area contributed by atoms with E-state index in [1.165, 1.54) is 18.4 Å². The highest BCUT2D eigenvalue weighted by atomic mass is 35.5. The van der Waals surface area contributed by atoms with Crippen LogP contribution in [0.25, 0.3) is 0 Å². The largest absolute Gasteiger partial charge is 0.357 e. The Labute approximate surface area is 170 Å². The topological polar surface area (TPSA) is 52.6 Å². The van der Waals surface area contributed by atoms with Crippen molar-refractivity contribution in [3.8, 4) is 0 Å². The summed E-state index contributed by atoms with van der Waals surface area (Å²) in [5.41, 5.74) is 2.15. The van der Waals surface area contributed by atoms with Crippen LogP contribution in [-0.4, -0.2) is 31.1 Å². The van der Waals surface area contributed by atoms with Gasteiger partial charge in [0.15, 0.2) is 5.96 Å². The Bertz CT molecular complexity index is 803. The van der Waals surface area contributed by atoms with Crippen molar-refractivity contribution < 1.29 is 0 Å². The minimum atomic E-state index is -0.00133. The van der Waals surface area contributed by atoms with Gasteiger partial charge in [-0.05, 0) is 55.2 Å². The van der Waals surface area contributed by atoms with E-state index in [0.29, 0.717) is 22.5 Å². The first kappa shape index (κ1) is 19.8. The first-order chi connectivity index (χ1) is 13.1. The second-order valence-electron chi connectivity index (χ2n) is 6.67. The van der Waals surface area contributed by atoms with E-state index in [2.05, 4.69) is 31.6 Å². The Balaban J connectivity index is 1.60.